The van der Waals surface area contributed by atoms with Gasteiger partial charge in [0.1, 0.15) is 12.4 Å². The summed E-state index contributed by atoms with van der Waals surface area (Å²) in [6, 6.07) is 15.5. The predicted octanol–water partition coefficient (Wildman–Crippen LogP) is 3.47. The maximum absolute atomic E-state index is 12.2. The third kappa shape index (κ3) is 2.96. The third-order valence-electron chi connectivity index (χ3n) is 3.09. The molecule has 4 heteroatoms. The fourth-order valence-electron chi connectivity index (χ4n) is 2.06. The second-order valence-electron chi connectivity index (χ2n) is 4.51. The van der Waals surface area contributed by atoms with Crippen LogP contribution in [0.15, 0.2) is 53.4 Å². The molecule has 1 heterocycles. The second-order valence-corrected chi connectivity index (χ2v) is 5.56. The Morgan fingerprint density at radius 1 is 1.20 bits per heavy atom. The van der Waals surface area contributed by atoms with Crippen LogP contribution in [0.25, 0.3) is 0 Å². The molecule has 2 aromatic rings. The molecule has 0 unspecified atom stereocenters. The number of thioether (sulfide) groups is 1. The number of fused-ring (bicyclic) bond motifs is 1. The van der Waals surface area contributed by atoms with Crippen LogP contribution in [-0.4, -0.2) is 24.7 Å². The van der Waals surface area contributed by atoms with Gasteiger partial charge in [0.15, 0.2) is 5.78 Å². The van der Waals surface area contributed by atoms with Gasteiger partial charge in [-0.1, -0.05) is 18.2 Å². The summed E-state index contributed by atoms with van der Waals surface area (Å²) in [5.41, 5.74) is 1.64. The Hall–Kier alpha value is -1.94. The molecule has 3 rings (SSSR count). The molecule has 0 radical (unpaired) electrons. The summed E-state index contributed by atoms with van der Waals surface area (Å²) in [6.45, 7) is 1.45. The van der Waals surface area contributed by atoms with Crippen LogP contribution >= 0.6 is 11.8 Å². The highest BCUT2D eigenvalue weighted by molar-refractivity contribution is 8.00. The third-order valence-corrected chi connectivity index (χ3v) is 4.10. The zero-order valence-electron chi connectivity index (χ0n) is 11.0. The number of hydrogen-bond donors (Lipinski definition) is 1. The maximum atomic E-state index is 12.2. The zero-order valence-corrected chi connectivity index (χ0v) is 11.8. The maximum Gasteiger partial charge on any atom is 0.173 e. The number of nitrogens with one attached hydrogen (secondary N) is 1. The lowest BCUT2D eigenvalue weighted by Crippen LogP contribution is -2.18. The largest absolute Gasteiger partial charge is 0.490 e. The number of rotatable bonds is 4. The smallest absolute Gasteiger partial charge is 0.173 e. The second kappa shape index (κ2) is 6.01. The number of ether oxygens (including phenoxy) is 1. The van der Waals surface area contributed by atoms with E-state index in [0.29, 0.717) is 12.4 Å². The molecule has 0 fully saturated rings. The van der Waals surface area contributed by atoms with Gasteiger partial charge in [-0.25, -0.2) is 0 Å². The van der Waals surface area contributed by atoms with E-state index < -0.39 is 0 Å². The fraction of sp³-hybridized carbons (Fsp3) is 0.188. The molecule has 0 spiro atoms. The van der Waals surface area contributed by atoms with Gasteiger partial charge in [0.2, 0.25) is 0 Å². The summed E-state index contributed by atoms with van der Waals surface area (Å²) in [5, 5.41) is 3.25. The van der Waals surface area contributed by atoms with E-state index in [0.717, 1.165) is 28.4 Å². The van der Waals surface area contributed by atoms with E-state index in [9.17, 15) is 4.79 Å². The molecular weight excluding hydrogens is 270 g/mol. The number of Topliss-reactive ketones (excluding diaryl/α,β-unsaturated/α-hetero) is 1. The first-order chi connectivity index (χ1) is 9.83. The number of ketones is 1. The van der Waals surface area contributed by atoms with Crippen molar-refractivity contribution < 1.29 is 9.53 Å². The van der Waals surface area contributed by atoms with Gasteiger partial charge in [-0.05, 0) is 30.3 Å². The molecule has 2 aromatic carbocycles. The van der Waals surface area contributed by atoms with Crippen molar-refractivity contribution in [2.75, 3.05) is 24.2 Å². The van der Waals surface area contributed by atoms with Gasteiger partial charge in [-0.3, -0.25) is 4.79 Å². The van der Waals surface area contributed by atoms with E-state index in [2.05, 4.69) is 5.32 Å². The van der Waals surface area contributed by atoms with E-state index in [4.69, 9.17) is 4.74 Å². The number of carbonyl (C=O) groups excluding carboxylic acids is 1. The molecule has 0 aromatic heterocycles. The predicted molar refractivity (Wildman–Crippen MR) is 81.9 cm³/mol. The topological polar surface area (TPSA) is 38.3 Å². The first-order valence-corrected chi connectivity index (χ1v) is 7.53. The molecule has 0 atom stereocenters. The summed E-state index contributed by atoms with van der Waals surface area (Å²) < 4.78 is 5.51. The van der Waals surface area contributed by atoms with Crippen LogP contribution in [0.3, 0.4) is 0 Å². The summed E-state index contributed by atoms with van der Waals surface area (Å²) in [7, 11) is 0. The summed E-state index contributed by atoms with van der Waals surface area (Å²) in [5.74, 6) is 1.40. The minimum Gasteiger partial charge on any atom is -0.490 e. The highest BCUT2D eigenvalue weighted by Crippen LogP contribution is 2.29. The van der Waals surface area contributed by atoms with Gasteiger partial charge in [-0.15, -0.1) is 11.8 Å². The quantitative estimate of drug-likeness (QED) is 0.689. The molecule has 0 aliphatic carbocycles. The Balaban J connectivity index is 1.68. The summed E-state index contributed by atoms with van der Waals surface area (Å²) in [6.07, 6.45) is 0. The van der Waals surface area contributed by atoms with Gasteiger partial charge >= 0.3 is 0 Å². The minimum atomic E-state index is 0.133. The molecule has 102 valence electrons. The van der Waals surface area contributed by atoms with Crippen molar-refractivity contribution >= 4 is 23.2 Å². The lowest BCUT2D eigenvalue weighted by molar-refractivity contribution is 0.102. The highest BCUT2D eigenvalue weighted by Gasteiger charge is 2.13. The Kier molecular flexibility index (Phi) is 3.92. The summed E-state index contributed by atoms with van der Waals surface area (Å²) in [4.78, 5) is 13.3. The lowest BCUT2D eigenvalue weighted by atomic mass is 10.1. The number of hydrogen-bond acceptors (Lipinski definition) is 4. The zero-order chi connectivity index (χ0) is 13.8. The Morgan fingerprint density at radius 2 is 2.05 bits per heavy atom. The molecule has 1 aliphatic rings. The average molecular weight is 285 g/mol. The van der Waals surface area contributed by atoms with E-state index in [1.807, 2.05) is 48.5 Å². The fourth-order valence-corrected chi connectivity index (χ4v) is 2.88. The molecule has 1 aliphatic heterocycles. The van der Waals surface area contributed by atoms with Crippen molar-refractivity contribution in [2.24, 2.45) is 0 Å². The Labute approximate surface area is 122 Å². The first kappa shape index (κ1) is 13.1. The van der Waals surface area contributed by atoms with Gasteiger partial charge in [-0.2, -0.15) is 0 Å². The van der Waals surface area contributed by atoms with Crippen molar-refractivity contribution in [3.8, 4) is 5.75 Å². The average Bonchev–Trinajstić information content (AvgIpc) is 2.53. The molecule has 0 amide bonds. The highest BCUT2D eigenvalue weighted by atomic mass is 32.2. The molecule has 20 heavy (non-hydrogen) atoms. The number of anilines is 1. The van der Waals surface area contributed by atoms with Gasteiger partial charge in [0.05, 0.1) is 11.4 Å². The van der Waals surface area contributed by atoms with E-state index >= 15 is 0 Å². The van der Waals surface area contributed by atoms with Crippen LogP contribution < -0.4 is 10.1 Å². The molecule has 3 nitrogen and oxygen atoms in total. The Bertz CT molecular complexity index is 613. The van der Waals surface area contributed by atoms with Gasteiger partial charge in [0.25, 0.3) is 0 Å². The van der Waals surface area contributed by atoms with Gasteiger partial charge < -0.3 is 10.1 Å². The Morgan fingerprint density at radius 3 is 2.90 bits per heavy atom. The van der Waals surface area contributed by atoms with Crippen LogP contribution in [0.1, 0.15) is 10.4 Å². The van der Waals surface area contributed by atoms with Crippen LogP contribution in [0.5, 0.6) is 5.75 Å². The van der Waals surface area contributed by atoms with Crippen molar-refractivity contribution in [3.63, 3.8) is 0 Å². The number of benzene rings is 2. The van der Waals surface area contributed by atoms with Crippen molar-refractivity contribution in [3.05, 3.63) is 54.1 Å². The van der Waals surface area contributed by atoms with Crippen molar-refractivity contribution in [1.29, 1.82) is 0 Å². The number of carbonyl (C=O) groups is 1. The molecule has 1 N–H and O–H groups in total. The molecule has 0 bridgehead atoms. The lowest BCUT2D eigenvalue weighted by Gasteiger charge is -2.19. The van der Waals surface area contributed by atoms with Gasteiger partial charge in [0, 0.05) is 17.0 Å². The molecular formula is C16H15NO2S. The van der Waals surface area contributed by atoms with E-state index in [-0.39, 0.29) is 5.78 Å². The van der Waals surface area contributed by atoms with Crippen LogP contribution in [0.2, 0.25) is 0 Å². The van der Waals surface area contributed by atoms with Crippen LogP contribution in [-0.2, 0) is 0 Å². The SMILES string of the molecule is O=C(CSc1ccccc1)c1ccc2c(c1)NCCO2. The van der Waals surface area contributed by atoms with E-state index in [1.54, 1.807) is 11.8 Å². The van der Waals surface area contributed by atoms with Crippen molar-refractivity contribution in [1.82, 2.24) is 0 Å². The van der Waals surface area contributed by atoms with Crippen LogP contribution in [0, 0.1) is 0 Å². The molecule has 0 saturated carbocycles. The van der Waals surface area contributed by atoms with Crippen LogP contribution in [0.4, 0.5) is 5.69 Å². The molecule has 0 saturated heterocycles. The standard InChI is InChI=1S/C16H15NO2S/c18-15(11-20-13-4-2-1-3-5-13)12-6-7-16-14(10-12)17-8-9-19-16/h1-7,10,17H,8-9,11H2. The van der Waals surface area contributed by atoms with E-state index in [1.165, 1.54) is 0 Å². The normalized spacial score (nSPS) is 13.0. The minimum absolute atomic E-state index is 0.133. The monoisotopic (exact) mass is 285 g/mol. The van der Waals surface area contributed by atoms with Crippen molar-refractivity contribution in [2.45, 2.75) is 4.90 Å². The summed E-state index contributed by atoms with van der Waals surface area (Å²) >= 11 is 1.56. The first-order valence-electron chi connectivity index (χ1n) is 6.55.